The van der Waals surface area contributed by atoms with Crippen LogP contribution in [0.15, 0.2) is 23.8 Å². The summed E-state index contributed by atoms with van der Waals surface area (Å²) in [4.78, 5) is 9.84. The van der Waals surface area contributed by atoms with Gasteiger partial charge in [0.15, 0.2) is 0 Å². The number of terminal acetylenes is 1. The Bertz CT molecular complexity index is 223. The minimum absolute atomic E-state index is 0.185. The van der Waals surface area contributed by atoms with Crippen LogP contribution in [0.3, 0.4) is 0 Å². The molecule has 0 bridgehead atoms. The molecule has 3 heteroatoms. The zero-order valence-electron chi connectivity index (χ0n) is 6.69. The van der Waals surface area contributed by atoms with Crippen molar-refractivity contribution >= 4 is 6.47 Å². The average Bonchev–Trinajstić information content (AvgIpc) is 2.10. The molecule has 0 aliphatic rings. The van der Waals surface area contributed by atoms with Gasteiger partial charge in [0.1, 0.15) is 6.61 Å². The van der Waals surface area contributed by atoms with Gasteiger partial charge in [0, 0.05) is 6.54 Å². The predicted molar refractivity (Wildman–Crippen MR) is 47.1 cm³/mol. The van der Waals surface area contributed by atoms with Crippen LogP contribution in [0.5, 0.6) is 0 Å². The molecule has 0 aliphatic heterocycles. The van der Waals surface area contributed by atoms with Crippen molar-refractivity contribution in [2.75, 3.05) is 13.2 Å². The lowest BCUT2D eigenvalue weighted by Crippen LogP contribution is -1.96. The third-order valence-corrected chi connectivity index (χ3v) is 1.05. The summed E-state index contributed by atoms with van der Waals surface area (Å²) in [5.41, 5.74) is 5.97. The first kappa shape index (κ1) is 10.5. The van der Waals surface area contributed by atoms with Crippen LogP contribution >= 0.6 is 0 Å². The summed E-state index contributed by atoms with van der Waals surface area (Å²) in [6, 6.07) is 0. The highest BCUT2D eigenvalue weighted by Gasteiger charge is 1.89. The second-order valence-electron chi connectivity index (χ2n) is 1.93. The quantitative estimate of drug-likeness (QED) is 0.360. The molecule has 0 unspecified atom stereocenters. The van der Waals surface area contributed by atoms with Crippen molar-refractivity contribution in [2.45, 2.75) is 0 Å². The number of carbonyl (C=O) groups excluding carboxylic acids is 1. The summed E-state index contributed by atoms with van der Waals surface area (Å²) >= 11 is 0. The van der Waals surface area contributed by atoms with Gasteiger partial charge in [-0.1, -0.05) is 18.1 Å². The van der Waals surface area contributed by atoms with Crippen molar-refractivity contribution in [2.24, 2.45) is 5.73 Å². The summed E-state index contributed by atoms with van der Waals surface area (Å²) < 4.78 is 4.51. The predicted octanol–water partition coefficient (Wildman–Crippen LogP) is 0.234. The molecule has 0 aromatic rings. The number of hydrogen-bond donors (Lipinski definition) is 1. The van der Waals surface area contributed by atoms with Crippen LogP contribution in [0, 0.1) is 12.3 Å². The fourth-order valence-corrected chi connectivity index (χ4v) is 0.595. The normalized spacial score (nSPS) is 11.2. The molecule has 0 spiro atoms. The maximum absolute atomic E-state index is 9.84. The third-order valence-electron chi connectivity index (χ3n) is 1.05. The molecule has 3 nitrogen and oxygen atoms in total. The Morgan fingerprint density at radius 2 is 2.42 bits per heavy atom. The fraction of sp³-hybridized carbons (Fsp3) is 0.222. The van der Waals surface area contributed by atoms with Crippen LogP contribution in [0.4, 0.5) is 0 Å². The molecule has 12 heavy (non-hydrogen) atoms. The number of allylic oxidation sites excluding steroid dienone is 1. The minimum atomic E-state index is 0.185. The maximum Gasteiger partial charge on any atom is 0.293 e. The van der Waals surface area contributed by atoms with E-state index in [9.17, 15) is 4.79 Å². The lowest BCUT2D eigenvalue weighted by Gasteiger charge is -1.97. The van der Waals surface area contributed by atoms with Crippen LogP contribution in [0.25, 0.3) is 0 Å². The molecule has 0 aromatic carbocycles. The number of nitrogens with two attached hydrogens (primary N) is 1. The number of carbonyl (C=O) groups is 1. The van der Waals surface area contributed by atoms with Crippen molar-refractivity contribution < 1.29 is 9.53 Å². The molecule has 0 rings (SSSR count). The van der Waals surface area contributed by atoms with Gasteiger partial charge in [0.05, 0.1) is 0 Å². The Morgan fingerprint density at radius 1 is 1.67 bits per heavy atom. The zero-order chi connectivity index (χ0) is 9.23. The highest BCUT2D eigenvalue weighted by molar-refractivity contribution is 5.39. The second kappa shape index (κ2) is 7.58. The van der Waals surface area contributed by atoms with Gasteiger partial charge in [-0.15, -0.1) is 6.42 Å². The zero-order valence-corrected chi connectivity index (χ0v) is 6.69. The molecule has 0 heterocycles. The first-order valence-electron chi connectivity index (χ1n) is 3.42. The molecule has 0 saturated carbocycles. The Kier molecular flexibility index (Phi) is 6.61. The summed E-state index contributed by atoms with van der Waals surface area (Å²) in [5.74, 6) is 2.34. The van der Waals surface area contributed by atoms with E-state index in [1.165, 1.54) is 6.08 Å². The molecule has 0 fully saturated rings. The molecule has 0 saturated heterocycles. The summed E-state index contributed by atoms with van der Waals surface area (Å²) in [6.45, 7) is 0.994. The Hall–Kier alpha value is -1.53. The summed E-state index contributed by atoms with van der Waals surface area (Å²) in [7, 11) is 0. The van der Waals surface area contributed by atoms with E-state index in [1.54, 1.807) is 12.2 Å². The van der Waals surface area contributed by atoms with Gasteiger partial charge >= 0.3 is 0 Å². The Morgan fingerprint density at radius 3 is 2.92 bits per heavy atom. The monoisotopic (exact) mass is 165 g/mol. The lowest BCUT2D eigenvalue weighted by molar-refractivity contribution is -0.127. The second-order valence-corrected chi connectivity index (χ2v) is 1.93. The lowest BCUT2D eigenvalue weighted by atomic mass is 10.2. The van der Waals surface area contributed by atoms with E-state index >= 15 is 0 Å². The summed E-state index contributed by atoms with van der Waals surface area (Å²) in [5, 5.41) is 0. The van der Waals surface area contributed by atoms with Gasteiger partial charge in [0.2, 0.25) is 0 Å². The Labute approximate surface area is 71.9 Å². The third kappa shape index (κ3) is 5.27. The summed E-state index contributed by atoms with van der Waals surface area (Å²) in [6.07, 6.45) is 10.0. The van der Waals surface area contributed by atoms with Gasteiger partial charge in [-0.2, -0.15) is 0 Å². The molecule has 0 aromatic heterocycles. The van der Waals surface area contributed by atoms with E-state index in [0.717, 1.165) is 5.57 Å². The van der Waals surface area contributed by atoms with Crippen LogP contribution in [0.1, 0.15) is 0 Å². The standard InChI is InChI=1S/C9H11NO2/c1-2-4-9(5-3-6-10)7-12-8-11/h1,3-5,8H,6-7,10H2/b5-3-,9-4+. The minimum Gasteiger partial charge on any atom is -0.463 e. The van der Waals surface area contributed by atoms with Crippen LogP contribution in [0.2, 0.25) is 0 Å². The van der Waals surface area contributed by atoms with Crippen molar-refractivity contribution in [3.8, 4) is 12.3 Å². The van der Waals surface area contributed by atoms with Gasteiger partial charge in [-0.25, -0.2) is 0 Å². The van der Waals surface area contributed by atoms with Gasteiger partial charge in [-0.3, -0.25) is 4.79 Å². The van der Waals surface area contributed by atoms with Crippen LogP contribution < -0.4 is 5.73 Å². The van der Waals surface area contributed by atoms with E-state index in [4.69, 9.17) is 12.2 Å². The average molecular weight is 165 g/mol. The van der Waals surface area contributed by atoms with Gasteiger partial charge in [-0.05, 0) is 11.6 Å². The molecule has 0 aliphatic carbocycles. The SMILES string of the molecule is C#C/C=C(\C=C/CN)COC=O. The van der Waals surface area contributed by atoms with Crippen molar-refractivity contribution in [3.63, 3.8) is 0 Å². The molecular formula is C9H11NO2. The fourth-order valence-electron chi connectivity index (χ4n) is 0.595. The first-order valence-corrected chi connectivity index (χ1v) is 3.42. The van der Waals surface area contributed by atoms with E-state index in [0.29, 0.717) is 13.0 Å². The maximum atomic E-state index is 9.84. The number of rotatable bonds is 5. The van der Waals surface area contributed by atoms with Crippen molar-refractivity contribution in [3.05, 3.63) is 23.8 Å². The molecule has 0 radical (unpaired) electrons. The van der Waals surface area contributed by atoms with Crippen molar-refractivity contribution in [1.29, 1.82) is 0 Å². The van der Waals surface area contributed by atoms with Gasteiger partial charge in [0.25, 0.3) is 6.47 Å². The molecule has 2 N–H and O–H groups in total. The molecular weight excluding hydrogens is 154 g/mol. The number of ether oxygens (including phenoxy) is 1. The van der Waals surface area contributed by atoms with E-state index in [-0.39, 0.29) is 6.61 Å². The molecule has 0 atom stereocenters. The topological polar surface area (TPSA) is 52.3 Å². The highest BCUT2D eigenvalue weighted by Crippen LogP contribution is 1.95. The van der Waals surface area contributed by atoms with Crippen LogP contribution in [-0.4, -0.2) is 19.6 Å². The highest BCUT2D eigenvalue weighted by atomic mass is 16.5. The van der Waals surface area contributed by atoms with E-state index < -0.39 is 0 Å². The first-order chi connectivity index (χ1) is 5.85. The van der Waals surface area contributed by atoms with Crippen molar-refractivity contribution in [1.82, 2.24) is 0 Å². The van der Waals surface area contributed by atoms with Gasteiger partial charge < -0.3 is 10.5 Å². The number of hydrogen-bond acceptors (Lipinski definition) is 3. The van der Waals surface area contributed by atoms with Crippen LogP contribution in [-0.2, 0) is 9.53 Å². The van der Waals surface area contributed by atoms with E-state index in [1.807, 2.05) is 0 Å². The molecule has 0 amide bonds. The Balaban J connectivity index is 4.06. The smallest absolute Gasteiger partial charge is 0.293 e. The van der Waals surface area contributed by atoms with E-state index in [2.05, 4.69) is 10.7 Å². The largest absolute Gasteiger partial charge is 0.463 e. The molecule has 64 valence electrons.